The van der Waals surface area contributed by atoms with Crippen molar-refractivity contribution < 1.29 is 60.3 Å². The molecule has 89 heavy (non-hydrogen) atoms. The third kappa shape index (κ3) is 13.4. The van der Waals surface area contributed by atoms with Gasteiger partial charge in [-0.05, 0) is 234 Å². The van der Waals surface area contributed by atoms with Gasteiger partial charge in [-0.15, -0.1) is 0 Å². The second kappa shape index (κ2) is 26.7. The highest BCUT2D eigenvalue weighted by molar-refractivity contribution is 7.92. The van der Waals surface area contributed by atoms with Crippen LogP contribution in [-0.4, -0.2) is 69.9 Å². The van der Waals surface area contributed by atoms with Gasteiger partial charge >= 0.3 is 12.4 Å². The lowest BCUT2D eigenvalue weighted by Gasteiger charge is -2.59. The van der Waals surface area contributed by atoms with E-state index in [1.165, 1.54) is 66.1 Å². The molecule has 19 atom stereocenters. The Balaban J connectivity index is 0.000000239. The van der Waals surface area contributed by atoms with Gasteiger partial charge in [-0.2, -0.15) is 33.3 Å². The van der Waals surface area contributed by atoms with Crippen molar-refractivity contribution in [3.8, 4) is 12.3 Å². The first-order valence-electron chi connectivity index (χ1n) is 32.6. The lowest BCUT2D eigenvalue weighted by molar-refractivity contribution is -0.270. The predicted octanol–water partition coefficient (Wildman–Crippen LogP) is 17.5. The van der Waals surface area contributed by atoms with Crippen LogP contribution in [0.5, 0.6) is 0 Å². The number of alkyl halides is 6. The highest BCUT2D eigenvalue weighted by Crippen LogP contribution is 2.70. The first kappa shape index (κ1) is 72.3. The van der Waals surface area contributed by atoms with Crippen LogP contribution in [0.25, 0.3) is 0 Å². The van der Waals surface area contributed by atoms with Crippen molar-refractivity contribution in [3.63, 3.8) is 0 Å². The van der Waals surface area contributed by atoms with Crippen LogP contribution in [0.2, 0.25) is 0 Å². The zero-order valence-corrected chi connectivity index (χ0v) is 54.4. The Hall–Kier alpha value is -4.10. The van der Waals surface area contributed by atoms with E-state index in [4.69, 9.17) is 5.11 Å². The van der Waals surface area contributed by atoms with Gasteiger partial charge in [-0.3, -0.25) is 0 Å². The van der Waals surface area contributed by atoms with E-state index in [1.54, 1.807) is 42.5 Å². The van der Waals surface area contributed by atoms with Gasteiger partial charge < -0.3 is 37.9 Å². The van der Waals surface area contributed by atoms with Crippen molar-refractivity contribution in [1.82, 2.24) is 0 Å². The van der Waals surface area contributed by atoms with Crippen LogP contribution in [-0.2, 0) is 21.0 Å². The van der Waals surface area contributed by atoms with E-state index >= 15 is 0 Å². The summed E-state index contributed by atoms with van der Waals surface area (Å²) < 4.78 is 116. The van der Waals surface area contributed by atoms with Crippen molar-refractivity contribution in [3.05, 3.63) is 132 Å². The zero-order chi connectivity index (χ0) is 64.9. The van der Waals surface area contributed by atoms with E-state index in [0.29, 0.717) is 54.3 Å². The number of rotatable bonds is 12. The van der Waals surface area contributed by atoms with Gasteiger partial charge in [0, 0.05) is 13.5 Å². The molecule has 0 radical (unpaired) electrons. The molecule has 0 heterocycles. The molecule has 8 aliphatic carbocycles. The summed E-state index contributed by atoms with van der Waals surface area (Å²) in [6, 6.07) is 22.3. The van der Waals surface area contributed by atoms with Gasteiger partial charge in [0.15, 0.2) is 21.0 Å². The summed E-state index contributed by atoms with van der Waals surface area (Å²) in [5, 5.41) is 49.5. The number of terminal acetylenes is 1. The zero-order valence-electron chi connectivity index (χ0n) is 53.6. The fraction of sp³-hybridized carbons (Fsp3) is 0.667. The molecule has 0 amide bonds. The Morgan fingerprint density at radius 3 is 1.38 bits per heavy atom. The Morgan fingerprint density at radius 2 is 0.966 bits per heavy atom. The molecule has 0 spiro atoms. The van der Waals surface area contributed by atoms with Crippen molar-refractivity contribution in [1.29, 1.82) is 0 Å². The molecule has 0 aromatic heterocycles. The second-order valence-corrected chi connectivity index (χ2v) is 32.1. The molecule has 6 saturated carbocycles. The maximum Gasteiger partial charge on any atom is 0.421 e. The van der Waals surface area contributed by atoms with Crippen LogP contribution in [0.4, 0.5) is 26.3 Å². The van der Waals surface area contributed by atoms with E-state index < -0.39 is 62.2 Å². The van der Waals surface area contributed by atoms with Crippen LogP contribution in [0.3, 0.4) is 0 Å². The summed E-state index contributed by atoms with van der Waals surface area (Å²) in [6.45, 7) is 20.3. The molecule has 0 saturated heterocycles. The van der Waals surface area contributed by atoms with Gasteiger partial charge in [0.1, 0.15) is 0 Å². The highest BCUT2D eigenvalue weighted by Gasteiger charge is 2.65. The minimum absolute atomic E-state index is 0. The largest absolute Gasteiger partial charge is 0.421 e. The number of aliphatic hydroxyl groups excluding tert-OH is 1. The average molecular weight is 1260 g/mol. The molecule has 496 valence electrons. The number of hydrogen-bond acceptors (Lipinski definition) is 7. The van der Waals surface area contributed by atoms with Gasteiger partial charge in [-0.25, -0.2) is 8.42 Å². The molecule has 3 aromatic rings. The number of halogens is 6. The smallest absolute Gasteiger partial charge is 0.400 e. The maximum atomic E-state index is 14.9. The van der Waals surface area contributed by atoms with Crippen LogP contribution in [0, 0.1) is 100 Å². The summed E-state index contributed by atoms with van der Waals surface area (Å²) in [4.78, 5) is -0.0149. The van der Waals surface area contributed by atoms with E-state index in [9.17, 15) is 55.2 Å². The Labute approximate surface area is 530 Å². The molecule has 6 fully saturated rings. The lowest BCUT2D eigenvalue weighted by Crippen LogP contribution is -2.53. The predicted molar refractivity (Wildman–Crippen MR) is 343 cm³/mol. The Kier molecular flexibility index (Phi) is 21.7. The van der Waals surface area contributed by atoms with Gasteiger partial charge in [0.2, 0.25) is 0 Å². The van der Waals surface area contributed by atoms with Crippen molar-refractivity contribution in [2.45, 2.75) is 230 Å². The number of aliphatic hydroxyl groups is 5. The van der Waals surface area contributed by atoms with E-state index in [-0.39, 0.29) is 63.4 Å². The van der Waals surface area contributed by atoms with Gasteiger partial charge in [-0.1, -0.05) is 151 Å². The van der Waals surface area contributed by atoms with E-state index in [0.717, 1.165) is 97.0 Å². The molecule has 3 unspecified atom stereocenters. The summed E-state index contributed by atoms with van der Waals surface area (Å²) in [5.41, 5.74) is -4.83. The standard InChI is InChI=1S/C38H49F3O4S.C32H45F3O2.C3H3.CH4O.CH4/c1-25(30-17-18-31-29-16-15-27-23-34(2,42)21-22-35(27,3)32(29)19-20-36(30,31)4)33(46(44,45)28-13-9-6-10-14-28)24-37(43,38(39,40)41)26-11-7-5-8-12-26;1-21(14-17-31(37,32(33,34)35)22-8-6-5-7-9-22)25-12-13-26-24-11-10-23-20-28(2,36)18-19-29(23,3)27(24)15-16-30(25,26)4;1-3-2;1-2;/h5-15,25,29-33,42-43H,16-24H2,1-4H3;5-10,21,24-27,36-37H,11-20H2,1-4H3;1H,2H2;2H,1H3;1H4/q;;-1;;/t25-,29-,30+,31-,32-,33?,34-,35-,36+,37?;21-,24+,25-,26+,27+,28+,29+,30-,31?;;;/m01.../s1. The van der Waals surface area contributed by atoms with Gasteiger partial charge in [0.05, 0.1) is 21.3 Å². The molecular formula is C75H105F6O7S-. The van der Waals surface area contributed by atoms with Crippen molar-refractivity contribution in [2.75, 3.05) is 7.11 Å². The third-order valence-corrected chi connectivity index (χ3v) is 27.5. The normalized spacial score (nSPS) is 36.9. The third-order valence-electron chi connectivity index (χ3n) is 25.2. The topological polar surface area (TPSA) is 135 Å². The summed E-state index contributed by atoms with van der Waals surface area (Å²) in [5.74, 6) is 4.90. The quantitative estimate of drug-likeness (QED) is 0.0527. The lowest BCUT2D eigenvalue weighted by atomic mass is 9.46. The first-order chi connectivity index (χ1) is 41.1. The number of hydrogen-bond donors (Lipinski definition) is 5. The number of allylic oxidation sites excluding steroid dienone is 2. The maximum absolute atomic E-state index is 14.9. The summed E-state index contributed by atoms with van der Waals surface area (Å²) in [7, 11) is -3.26. The van der Waals surface area contributed by atoms with Crippen LogP contribution < -0.4 is 0 Å². The summed E-state index contributed by atoms with van der Waals surface area (Å²) in [6.07, 6.45) is 13.8. The molecule has 0 aliphatic heterocycles. The Morgan fingerprint density at radius 1 is 0.584 bits per heavy atom. The highest BCUT2D eigenvalue weighted by atomic mass is 32.2. The molecule has 3 aromatic carbocycles. The number of sulfone groups is 1. The average Bonchev–Trinajstić information content (AvgIpc) is 1.71. The fourth-order valence-corrected chi connectivity index (χ4v) is 22.4. The fourth-order valence-electron chi connectivity index (χ4n) is 20.3. The molecule has 5 N–H and O–H groups in total. The van der Waals surface area contributed by atoms with Gasteiger partial charge in [0.25, 0.3) is 0 Å². The van der Waals surface area contributed by atoms with E-state index in [1.807, 2.05) is 26.7 Å². The number of benzene rings is 3. The molecule has 0 bridgehead atoms. The Bertz CT molecular complexity index is 3070. The van der Waals surface area contributed by atoms with Crippen molar-refractivity contribution >= 4 is 9.84 Å². The summed E-state index contributed by atoms with van der Waals surface area (Å²) >= 11 is 0. The SMILES string of the molecule is C.C#C[CH2-].CO.C[C@H](C(CC(O)(c1ccccc1)C(F)(F)F)S(=O)(=O)c1ccccc1)[C@H]1CC[C@H]2[C@@H]3CC=C4C[C@@](C)(O)CC[C@]4(C)[C@H]3CC[C@]12C.C[C@H](CCC(O)(c1ccccc1)C(F)(F)F)[C@H]1CC[C@H]2[C@@H]3CC=C4C[C@@](C)(O)CC[C@]4(C)[C@H]3CC[C@]12C. The monoisotopic (exact) mass is 1260 g/mol. The van der Waals surface area contributed by atoms with Crippen LogP contribution in [0.1, 0.15) is 196 Å². The molecule has 8 aliphatic rings. The molecule has 7 nitrogen and oxygen atoms in total. The molecular weight excluding hydrogens is 1160 g/mol. The minimum Gasteiger partial charge on any atom is -0.400 e. The number of fused-ring (bicyclic) bond motifs is 10. The van der Waals surface area contributed by atoms with Crippen LogP contribution in [0.15, 0.2) is 119 Å². The molecule has 11 rings (SSSR count). The minimum atomic E-state index is -5.08. The first-order valence-corrected chi connectivity index (χ1v) is 34.1. The van der Waals surface area contributed by atoms with Crippen molar-refractivity contribution in [2.24, 2.45) is 80.8 Å². The van der Waals surface area contributed by atoms with E-state index in [2.05, 4.69) is 60.1 Å². The van der Waals surface area contributed by atoms with Crippen LogP contribution >= 0.6 is 0 Å². The molecule has 14 heteroatoms. The second-order valence-electron chi connectivity index (χ2n) is 30.0.